The van der Waals surface area contributed by atoms with Crippen LogP contribution in [0.25, 0.3) is 5.69 Å². The van der Waals surface area contributed by atoms with Gasteiger partial charge in [-0.25, -0.2) is 22.9 Å². The molecular weight excluding hydrogens is 472 g/mol. The van der Waals surface area contributed by atoms with Crippen molar-refractivity contribution in [1.82, 2.24) is 19.6 Å². The van der Waals surface area contributed by atoms with Crippen LogP contribution in [0, 0.1) is 6.92 Å². The molecule has 4 rings (SSSR count). The summed E-state index contributed by atoms with van der Waals surface area (Å²) in [5, 5.41) is 3.35. The molecule has 0 fully saturated rings. The highest BCUT2D eigenvalue weighted by Gasteiger charge is 2.25. The van der Waals surface area contributed by atoms with E-state index in [0.29, 0.717) is 22.8 Å². The zero-order valence-electron chi connectivity index (χ0n) is 18.4. The van der Waals surface area contributed by atoms with Crippen molar-refractivity contribution in [3.8, 4) is 5.69 Å². The standard InChI is InChI=1S/C25H23ClN4O3S/c1-18-8-5-6-13-23(18)34(32,33)29-25(31)28-22(16-19-9-3-2-4-10-19)24-27-14-15-30(24)21-12-7-11-20(26)17-21/h2-15,17,22H,16H2,1H3,(H2,28,29,31)/t22-/m0/s1. The number of aryl methyl sites for hydroxylation is 1. The van der Waals surface area contributed by atoms with Crippen molar-refractivity contribution in [2.45, 2.75) is 24.3 Å². The molecule has 1 aromatic heterocycles. The molecule has 1 atom stereocenters. The number of sulfonamides is 1. The fourth-order valence-electron chi connectivity index (χ4n) is 3.70. The van der Waals surface area contributed by atoms with Crippen LogP contribution in [0.15, 0.2) is 96.2 Å². The highest BCUT2D eigenvalue weighted by atomic mass is 35.5. The average Bonchev–Trinajstić information content (AvgIpc) is 3.29. The minimum absolute atomic E-state index is 0.0465. The Kier molecular flexibility index (Phi) is 7.00. The summed E-state index contributed by atoms with van der Waals surface area (Å²) in [6.07, 6.45) is 3.79. The fraction of sp³-hybridized carbons (Fsp3) is 0.120. The lowest BCUT2D eigenvalue weighted by atomic mass is 10.1. The zero-order chi connectivity index (χ0) is 24.1. The van der Waals surface area contributed by atoms with Crippen LogP contribution in [0.5, 0.6) is 0 Å². The van der Waals surface area contributed by atoms with Gasteiger partial charge in [-0.05, 0) is 48.7 Å². The number of hydrogen-bond donors (Lipinski definition) is 2. The van der Waals surface area contributed by atoms with Crippen molar-refractivity contribution in [1.29, 1.82) is 0 Å². The molecule has 3 aromatic carbocycles. The van der Waals surface area contributed by atoms with Crippen LogP contribution in [-0.4, -0.2) is 24.0 Å². The molecule has 0 aliphatic heterocycles. The van der Waals surface area contributed by atoms with E-state index in [-0.39, 0.29) is 4.90 Å². The topological polar surface area (TPSA) is 93.1 Å². The number of nitrogens with zero attached hydrogens (tertiary/aromatic N) is 2. The number of rotatable bonds is 7. The Morgan fingerprint density at radius 2 is 1.76 bits per heavy atom. The van der Waals surface area contributed by atoms with Gasteiger partial charge in [0.05, 0.1) is 10.9 Å². The molecule has 7 nitrogen and oxygen atoms in total. The van der Waals surface area contributed by atoms with E-state index in [4.69, 9.17) is 11.6 Å². The number of amides is 2. The summed E-state index contributed by atoms with van der Waals surface area (Å²) < 4.78 is 29.6. The first-order chi connectivity index (χ1) is 16.3. The lowest BCUT2D eigenvalue weighted by molar-refractivity contribution is 0.241. The van der Waals surface area contributed by atoms with Crippen LogP contribution < -0.4 is 10.0 Å². The lowest BCUT2D eigenvalue weighted by Crippen LogP contribution is -2.42. The third kappa shape index (κ3) is 5.47. The summed E-state index contributed by atoms with van der Waals surface area (Å²) in [5.41, 5.74) is 2.27. The van der Waals surface area contributed by atoms with E-state index >= 15 is 0 Å². The van der Waals surface area contributed by atoms with Gasteiger partial charge in [0.1, 0.15) is 5.82 Å². The number of carbonyl (C=O) groups is 1. The van der Waals surface area contributed by atoms with E-state index in [1.165, 1.54) is 6.07 Å². The van der Waals surface area contributed by atoms with E-state index in [0.717, 1.165) is 11.3 Å². The van der Waals surface area contributed by atoms with Crippen molar-refractivity contribution >= 4 is 27.7 Å². The first kappa shape index (κ1) is 23.5. The Hall–Kier alpha value is -3.62. The largest absolute Gasteiger partial charge is 0.329 e. The quantitative estimate of drug-likeness (QED) is 0.385. The normalized spacial score (nSPS) is 12.2. The van der Waals surface area contributed by atoms with Crippen LogP contribution in [0.4, 0.5) is 4.79 Å². The molecule has 0 saturated heterocycles. The molecule has 0 aliphatic carbocycles. The summed E-state index contributed by atoms with van der Waals surface area (Å²) in [6.45, 7) is 1.67. The number of hydrogen-bond acceptors (Lipinski definition) is 4. The number of nitrogens with one attached hydrogen (secondary N) is 2. The average molecular weight is 495 g/mol. The summed E-state index contributed by atoms with van der Waals surface area (Å²) >= 11 is 6.17. The van der Waals surface area contributed by atoms with E-state index in [1.54, 1.807) is 49.6 Å². The molecule has 2 N–H and O–H groups in total. The summed E-state index contributed by atoms with van der Waals surface area (Å²) in [5.74, 6) is 0.537. The Morgan fingerprint density at radius 3 is 2.50 bits per heavy atom. The van der Waals surface area contributed by atoms with Gasteiger partial charge < -0.3 is 9.88 Å². The van der Waals surface area contributed by atoms with Crippen molar-refractivity contribution in [2.75, 3.05) is 0 Å². The van der Waals surface area contributed by atoms with E-state index < -0.39 is 22.1 Å². The zero-order valence-corrected chi connectivity index (χ0v) is 19.9. The maximum absolute atomic E-state index is 12.9. The molecule has 174 valence electrons. The van der Waals surface area contributed by atoms with Gasteiger partial charge in [0.2, 0.25) is 0 Å². The lowest BCUT2D eigenvalue weighted by Gasteiger charge is -2.21. The van der Waals surface area contributed by atoms with Gasteiger partial charge in [-0.1, -0.05) is 66.2 Å². The van der Waals surface area contributed by atoms with Gasteiger partial charge in [0.25, 0.3) is 10.0 Å². The molecule has 4 aromatic rings. The van der Waals surface area contributed by atoms with Crippen LogP contribution in [0.3, 0.4) is 0 Å². The Morgan fingerprint density at radius 1 is 1.03 bits per heavy atom. The first-order valence-electron chi connectivity index (χ1n) is 10.6. The molecule has 0 saturated carbocycles. The summed E-state index contributed by atoms with van der Waals surface area (Å²) in [6, 6.07) is 21.8. The van der Waals surface area contributed by atoms with Crippen molar-refractivity contribution in [2.24, 2.45) is 0 Å². The van der Waals surface area contributed by atoms with Gasteiger partial charge in [0.15, 0.2) is 0 Å². The molecule has 0 unspecified atom stereocenters. The predicted molar refractivity (Wildman–Crippen MR) is 131 cm³/mol. The summed E-state index contributed by atoms with van der Waals surface area (Å²) in [4.78, 5) is 17.4. The number of carbonyl (C=O) groups excluding carboxylic acids is 1. The highest BCUT2D eigenvalue weighted by Crippen LogP contribution is 2.23. The SMILES string of the molecule is Cc1ccccc1S(=O)(=O)NC(=O)N[C@@H](Cc1ccccc1)c1nccn1-c1cccc(Cl)c1. The third-order valence-electron chi connectivity index (χ3n) is 5.27. The molecule has 1 heterocycles. The number of halogens is 1. The molecular formula is C25H23ClN4O3S. The number of urea groups is 1. The fourth-order valence-corrected chi connectivity index (χ4v) is 5.04. The van der Waals surface area contributed by atoms with Gasteiger partial charge in [-0.2, -0.15) is 0 Å². The molecule has 34 heavy (non-hydrogen) atoms. The minimum atomic E-state index is -4.05. The van der Waals surface area contributed by atoms with Crippen LogP contribution >= 0.6 is 11.6 Å². The molecule has 0 spiro atoms. The Balaban J connectivity index is 1.64. The highest BCUT2D eigenvalue weighted by molar-refractivity contribution is 7.90. The van der Waals surface area contributed by atoms with E-state index in [1.807, 2.05) is 47.0 Å². The number of aromatic nitrogens is 2. The number of benzene rings is 3. The smallest absolute Gasteiger partial charge is 0.327 e. The molecule has 0 radical (unpaired) electrons. The van der Waals surface area contributed by atoms with Gasteiger partial charge in [-0.3, -0.25) is 0 Å². The summed E-state index contributed by atoms with van der Waals surface area (Å²) in [7, 11) is -4.05. The maximum Gasteiger partial charge on any atom is 0.329 e. The molecule has 0 aliphatic rings. The van der Waals surface area contributed by atoms with Crippen molar-refractivity contribution < 1.29 is 13.2 Å². The van der Waals surface area contributed by atoms with Crippen molar-refractivity contribution in [3.05, 3.63) is 113 Å². The minimum Gasteiger partial charge on any atom is -0.327 e. The second-order valence-corrected chi connectivity index (χ2v) is 9.81. The third-order valence-corrected chi connectivity index (χ3v) is 6.99. The molecule has 9 heteroatoms. The second kappa shape index (κ2) is 10.1. The first-order valence-corrected chi connectivity index (χ1v) is 12.4. The van der Waals surface area contributed by atoms with Gasteiger partial charge >= 0.3 is 6.03 Å². The van der Waals surface area contributed by atoms with Gasteiger partial charge in [0, 0.05) is 23.1 Å². The van der Waals surface area contributed by atoms with Crippen LogP contribution in [-0.2, 0) is 16.4 Å². The maximum atomic E-state index is 12.9. The van der Waals surface area contributed by atoms with E-state index in [2.05, 4.69) is 15.0 Å². The van der Waals surface area contributed by atoms with E-state index in [9.17, 15) is 13.2 Å². The van der Waals surface area contributed by atoms with Crippen LogP contribution in [0.2, 0.25) is 5.02 Å². The Labute approximate surface area is 203 Å². The van der Waals surface area contributed by atoms with Gasteiger partial charge in [-0.15, -0.1) is 0 Å². The number of imidazole rings is 1. The Bertz CT molecular complexity index is 1400. The monoisotopic (exact) mass is 494 g/mol. The second-order valence-electron chi connectivity index (χ2n) is 7.72. The predicted octanol–water partition coefficient (Wildman–Crippen LogP) is 4.81. The van der Waals surface area contributed by atoms with Crippen molar-refractivity contribution in [3.63, 3.8) is 0 Å². The van der Waals surface area contributed by atoms with Crippen LogP contribution in [0.1, 0.15) is 23.0 Å². The molecule has 0 bridgehead atoms. The molecule has 2 amide bonds.